The van der Waals surface area contributed by atoms with Crippen LogP contribution in [0, 0.1) is 0 Å². The van der Waals surface area contributed by atoms with E-state index in [0.29, 0.717) is 13.0 Å². The van der Waals surface area contributed by atoms with Gasteiger partial charge in [-0.3, -0.25) is 9.59 Å². The van der Waals surface area contributed by atoms with E-state index in [2.05, 4.69) is 20.9 Å². The number of piperazine rings is 1. The molecule has 1 aromatic rings. The molecule has 152 valence electrons. The molecule has 0 radical (unpaired) electrons. The monoisotopic (exact) mass is 408 g/mol. The third-order valence-electron chi connectivity index (χ3n) is 3.99. The average Bonchev–Trinajstić information content (AvgIpc) is 2.58. The van der Waals surface area contributed by atoms with E-state index in [0.717, 1.165) is 44.9 Å². The number of alkyl halides is 3. The van der Waals surface area contributed by atoms with Crippen molar-refractivity contribution in [3.05, 3.63) is 29.3 Å². The number of anilines is 1. The Bertz CT molecular complexity index is 650. The SMILES string of the molecule is CC(=O)Nc1cc(C(=O)NCCCN2CCNCC2)cc(C(F)(F)F)c1.Cl. The predicted molar refractivity (Wildman–Crippen MR) is 99.3 cm³/mol. The number of amides is 2. The lowest BCUT2D eigenvalue weighted by molar-refractivity contribution is -0.137. The van der Waals surface area contributed by atoms with E-state index in [1.165, 1.54) is 13.0 Å². The first kappa shape index (κ1) is 23.2. The minimum atomic E-state index is -4.61. The number of carbonyl (C=O) groups is 2. The molecular weight excluding hydrogens is 385 g/mol. The maximum atomic E-state index is 13.0. The van der Waals surface area contributed by atoms with Gasteiger partial charge in [-0.1, -0.05) is 0 Å². The molecule has 10 heteroatoms. The highest BCUT2D eigenvalue weighted by Gasteiger charge is 2.32. The standard InChI is InChI=1S/C17H23F3N4O2.ClH/c1-12(25)23-15-10-13(9-14(11-15)17(18,19)20)16(26)22-3-2-6-24-7-4-21-5-8-24;/h9-11,21H,2-8H2,1H3,(H,22,26)(H,23,25);1H. The first-order valence-corrected chi connectivity index (χ1v) is 8.47. The highest BCUT2D eigenvalue weighted by molar-refractivity contribution is 5.97. The Balaban J connectivity index is 0.00000364. The van der Waals surface area contributed by atoms with Crippen LogP contribution in [0.1, 0.15) is 29.3 Å². The van der Waals surface area contributed by atoms with E-state index in [-0.39, 0.29) is 23.7 Å². The lowest BCUT2D eigenvalue weighted by Gasteiger charge is -2.27. The van der Waals surface area contributed by atoms with E-state index in [1.54, 1.807) is 0 Å². The Kier molecular flexibility index (Phi) is 9.01. The van der Waals surface area contributed by atoms with Crippen LogP contribution < -0.4 is 16.0 Å². The van der Waals surface area contributed by atoms with Crippen molar-refractivity contribution >= 4 is 29.9 Å². The third-order valence-corrected chi connectivity index (χ3v) is 3.99. The molecule has 2 amide bonds. The van der Waals surface area contributed by atoms with Crippen LogP contribution in [0.5, 0.6) is 0 Å². The Morgan fingerprint density at radius 3 is 2.44 bits per heavy atom. The topological polar surface area (TPSA) is 73.5 Å². The number of halogens is 4. The Morgan fingerprint density at radius 2 is 1.85 bits per heavy atom. The number of nitrogens with zero attached hydrogens (tertiary/aromatic N) is 1. The van der Waals surface area contributed by atoms with E-state index in [1.807, 2.05) is 0 Å². The van der Waals surface area contributed by atoms with Crippen LogP contribution in [0.15, 0.2) is 18.2 Å². The van der Waals surface area contributed by atoms with Crippen molar-refractivity contribution in [1.29, 1.82) is 0 Å². The molecule has 0 aromatic heterocycles. The van der Waals surface area contributed by atoms with E-state index in [4.69, 9.17) is 0 Å². The highest BCUT2D eigenvalue weighted by atomic mass is 35.5. The van der Waals surface area contributed by atoms with Crippen LogP contribution in [0.3, 0.4) is 0 Å². The van der Waals surface area contributed by atoms with Gasteiger partial charge in [-0.15, -0.1) is 12.4 Å². The van der Waals surface area contributed by atoms with Gasteiger partial charge in [-0.2, -0.15) is 13.2 Å². The summed E-state index contributed by atoms with van der Waals surface area (Å²) in [5.41, 5.74) is -1.17. The third kappa shape index (κ3) is 7.74. The fourth-order valence-electron chi connectivity index (χ4n) is 2.74. The zero-order valence-electron chi connectivity index (χ0n) is 15.0. The van der Waals surface area contributed by atoms with Gasteiger partial charge < -0.3 is 20.9 Å². The van der Waals surface area contributed by atoms with Gasteiger partial charge in [-0.05, 0) is 31.2 Å². The molecule has 0 saturated carbocycles. The summed E-state index contributed by atoms with van der Waals surface area (Å²) in [5.74, 6) is -1.10. The average molecular weight is 409 g/mol. The molecule has 1 saturated heterocycles. The number of carbonyl (C=O) groups excluding carboxylic acids is 2. The quantitative estimate of drug-likeness (QED) is 0.630. The summed E-state index contributed by atoms with van der Waals surface area (Å²) in [4.78, 5) is 25.6. The normalized spacial score (nSPS) is 15.0. The van der Waals surface area contributed by atoms with Gasteiger partial charge in [0.2, 0.25) is 5.91 Å². The molecular formula is C17H24ClF3N4O2. The van der Waals surface area contributed by atoms with Crippen molar-refractivity contribution < 1.29 is 22.8 Å². The van der Waals surface area contributed by atoms with Crippen LogP contribution in [0.2, 0.25) is 0 Å². The van der Waals surface area contributed by atoms with Crippen molar-refractivity contribution in [1.82, 2.24) is 15.5 Å². The summed E-state index contributed by atoms with van der Waals surface area (Å²) in [5, 5.41) is 8.18. The molecule has 1 aliphatic rings. The summed E-state index contributed by atoms with van der Waals surface area (Å²) in [6.45, 7) is 6.14. The second-order valence-electron chi connectivity index (χ2n) is 6.18. The zero-order chi connectivity index (χ0) is 19.2. The molecule has 1 heterocycles. The molecule has 1 fully saturated rings. The fraction of sp³-hybridized carbons (Fsp3) is 0.529. The maximum Gasteiger partial charge on any atom is 0.416 e. The Hall–Kier alpha value is -1.84. The van der Waals surface area contributed by atoms with Crippen molar-refractivity contribution in [2.45, 2.75) is 19.5 Å². The molecule has 0 atom stereocenters. The minimum Gasteiger partial charge on any atom is -0.352 e. The molecule has 1 aliphatic heterocycles. The summed E-state index contributed by atoms with van der Waals surface area (Å²) < 4.78 is 39.0. The van der Waals surface area contributed by atoms with Crippen LogP contribution in [-0.4, -0.2) is 56.0 Å². The van der Waals surface area contributed by atoms with Crippen molar-refractivity contribution in [3.63, 3.8) is 0 Å². The number of nitrogens with one attached hydrogen (secondary N) is 3. The lowest BCUT2D eigenvalue weighted by Crippen LogP contribution is -2.44. The fourth-order valence-corrected chi connectivity index (χ4v) is 2.74. The molecule has 0 spiro atoms. The number of hydrogen-bond donors (Lipinski definition) is 3. The first-order chi connectivity index (χ1) is 12.3. The molecule has 3 N–H and O–H groups in total. The number of benzene rings is 1. The van der Waals surface area contributed by atoms with Crippen LogP contribution in [0.4, 0.5) is 18.9 Å². The second-order valence-corrected chi connectivity index (χ2v) is 6.18. The molecule has 2 rings (SSSR count). The van der Waals surface area contributed by atoms with Crippen LogP contribution in [-0.2, 0) is 11.0 Å². The highest BCUT2D eigenvalue weighted by Crippen LogP contribution is 2.32. The second kappa shape index (κ2) is 10.5. The predicted octanol–water partition coefficient (Wildman–Crippen LogP) is 2.11. The molecule has 0 unspecified atom stereocenters. The molecule has 0 bridgehead atoms. The van der Waals surface area contributed by atoms with Gasteiger partial charge in [0.25, 0.3) is 5.91 Å². The van der Waals surface area contributed by atoms with Gasteiger partial charge in [0.05, 0.1) is 5.56 Å². The maximum absolute atomic E-state index is 13.0. The minimum absolute atomic E-state index is 0. The summed E-state index contributed by atoms with van der Waals surface area (Å²) in [7, 11) is 0. The van der Waals surface area contributed by atoms with E-state index >= 15 is 0 Å². The van der Waals surface area contributed by atoms with Gasteiger partial charge in [-0.25, -0.2) is 0 Å². The molecule has 27 heavy (non-hydrogen) atoms. The number of rotatable bonds is 6. The van der Waals surface area contributed by atoms with Crippen LogP contribution >= 0.6 is 12.4 Å². The first-order valence-electron chi connectivity index (χ1n) is 8.47. The Labute approximate surface area is 162 Å². The smallest absolute Gasteiger partial charge is 0.352 e. The van der Waals surface area contributed by atoms with Crippen molar-refractivity contribution in [2.24, 2.45) is 0 Å². The van der Waals surface area contributed by atoms with Crippen molar-refractivity contribution in [3.8, 4) is 0 Å². The zero-order valence-corrected chi connectivity index (χ0v) is 15.8. The van der Waals surface area contributed by atoms with E-state index in [9.17, 15) is 22.8 Å². The van der Waals surface area contributed by atoms with Crippen molar-refractivity contribution in [2.75, 3.05) is 44.6 Å². The number of hydrogen-bond acceptors (Lipinski definition) is 4. The van der Waals surface area contributed by atoms with Gasteiger partial charge >= 0.3 is 6.18 Å². The molecule has 1 aromatic carbocycles. The van der Waals surface area contributed by atoms with E-state index < -0.39 is 23.6 Å². The Morgan fingerprint density at radius 1 is 1.19 bits per heavy atom. The van der Waals surface area contributed by atoms with Gasteiger partial charge in [0.15, 0.2) is 0 Å². The summed E-state index contributed by atoms with van der Waals surface area (Å²) in [6, 6.07) is 2.84. The molecule has 6 nitrogen and oxygen atoms in total. The van der Waals surface area contributed by atoms with Crippen LogP contribution in [0.25, 0.3) is 0 Å². The largest absolute Gasteiger partial charge is 0.416 e. The molecule has 0 aliphatic carbocycles. The summed E-state index contributed by atoms with van der Waals surface area (Å²) in [6.07, 6.45) is -3.89. The lowest BCUT2D eigenvalue weighted by atomic mass is 10.1. The summed E-state index contributed by atoms with van der Waals surface area (Å²) >= 11 is 0. The van der Waals surface area contributed by atoms with Gasteiger partial charge in [0.1, 0.15) is 0 Å². The van der Waals surface area contributed by atoms with Gasteiger partial charge in [0, 0.05) is 50.9 Å².